The van der Waals surface area contributed by atoms with Crippen LogP contribution in [-0.4, -0.2) is 51.1 Å². The number of aromatic hydroxyl groups is 1. The topological polar surface area (TPSA) is 91.0 Å². The quantitative estimate of drug-likeness (QED) is 0.343. The minimum Gasteiger partial charge on any atom is -0.507 e. The molecule has 2 aromatic carbocycles. The van der Waals surface area contributed by atoms with Crippen LogP contribution in [0.2, 0.25) is 0 Å². The second-order valence-corrected chi connectivity index (χ2v) is 12.6. The first kappa shape index (κ1) is 29.7. The molecule has 0 saturated carbocycles. The molecule has 0 aliphatic carbocycles. The average molecular weight is 553 g/mol. The van der Waals surface area contributed by atoms with Crippen LogP contribution in [0.3, 0.4) is 0 Å². The van der Waals surface area contributed by atoms with Gasteiger partial charge in [0.25, 0.3) is 0 Å². The van der Waals surface area contributed by atoms with Crippen LogP contribution < -0.4 is 15.3 Å². The van der Waals surface area contributed by atoms with Crippen molar-refractivity contribution in [2.24, 2.45) is 0 Å². The van der Waals surface area contributed by atoms with Gasteiger partial charge in [-0.05, 0) is 62.0 Å². The second kappa shape index (κ2) is 11.7. The van der Waals surface area contributed by atoms with E-state index in [0.717, 1.165) is 47.5 Å². The van der Waals surface area contributed by atoms with Crippen molar-refractivity contribution >= 4 is 0 Å². The standard InChI is InChI=1S/C31H44N4O5/c1-9-34-28(22-17-24(30(2,3)4)27(36)25(18-22)31(5,6)7)32-35(29(34)37)14-10-13-33(8)15-16-38-23-12-11-21-20-39-40-26(21)19-23/h11-12,17-19,36H,9-10,13-16,20H2,1-8H3. The number of nitrogens with zero attached hydrogens (tertiary/aromatic N) is 4. The highest BCUT2D eigenvalue weighted by Crippen LogP contribution is 2.41. The molecule has 0 fully saturated rings. The lowest BCUT2D eigenvalue weighted by molar-refractivity contribution is -0.194. The number of hydrogen-bond donors (Lipinski definition) is 1. The molecule has 40 heavy (non-hydrogen) atoms. The van der Waals surface area contributed by atoms with Crippen LogP contribution in [0.4, 0.5) is 0 Å². The molecular weight excluding hydrogens is 508 g/mol. The van der Waals surface area contributed by atoms with E-state index >= 15 is 0 Å². The number of hydrogen-bond acceptors (Lipinski definition) is 7. The Kier molecular flexibility index (Phi) is 8.66. The fraction of sp³-hybridized carbons (Fsp3) is 0.548. The maximum atomic E-state index is 13.3. The van der Waals surface area contributed by atoms with Gasteiger partial charge in [-0.1, -0.05) is 41.5 Å². The van der Waals surface area contributed by atoms with E-state index in [0.29, 0.717) is 43.6 Å². The molecule has 0 saturated heterocycles. The van der Waals surface area contributed by atoms with Crippen molar-refractivity contribution in [2.45, 2.75) is 85.4 Å². The Morgan fingerprint density at radius 3 is 2.35 bits per heavy atom. The van der Waals surface area contributed by atoms with E-state index in [1.54, 1.807) is 9.25 Å². The Bertz CT molecular complexity index is 1360. The van der Waals surface area contributed by atoms with E-state index in [9.17, 15) is 9.90 Å². The smallest absolute Gasteiger partial charge is 0.346 e. The SMILES string of the molecule is CCn1c(-c2cc(C(C)(C)C)c(O)c(C(C)(C)C)c2)nn(CCCN(C)CCOc2ccc3c(c2)OOC3)c1=O. The largest absolute Gasteiger partial charge is 0.507 e. The highest BCUT2D eigenvalue weighted by atomic mass is 17.2. The Labute approximate surface area is 237 Å². The van der Waals surface area contributed by atoms with Crippen LogP contribution in [-0.2, 0) is 35.4 Å². The molecule has 2 heterocycles. The van der Waals surface area contributed by atoms with Crippen molar-refractivity contribution in [3.8, 4) is 28.6 Å². The third-order valence-corrected chi connectivity index (χ3v) is 7.28. The van der Waals surface area contributed by atoms with Crippen molar-refractivity contribution in [2.75, 3.05) is 26.7 Å². The zero-order valence-corrected chi connectivity index (χ0v) is 25.2. The maximum Gasteiger partial charge on any atom is 0.346 e. The molecule has 1 aliphatic rings. The second-order valence-electron chi connectivity index (χ2n) is 12.6. The van der Waals surface area contributed by atoms with E-state index in [1.807, 2.05) is 44.3 Å². The van der Waals surface area contributed by atoms with Gasteiger partial charge < -0.3 is 19.6 Å². The lowest BCUT2D eigenvalue weighted by Gasteiger charge is -2.28. The van der Waals surface area contributed by atoms with Crippen LogP contribution in [0.1, 0.15) is 71.6 Å². The summed E-state index contributed by atoms with van der Waals surface area (Å²) in [6, 6.07) is 9.69. The summed E-state index contributed by atoms with van der Waals surface area (Å²) in [5.74, 6) is 2.41. The lowest BCUT2D eigenvalue weighted by atomic mass is 9.78. The predicted octanol–water partition coefficient (Wildman–Crippen LogP) is 5.26. The first-order valence-electron chi connectivity index (χ1n) is 14.1. The molecule has 0 unspecified atom stereocenters. The highest BCUT2D eigenvalue weighted by molar-refractivity contribution is 5.64. The number of phenolic OH excluding ortho intramolecular Hbond substituents is 1. The number of ether oxygens (including phenoxy) is 1. The number of aryl methyl sites for hydroxylation is 1. The van der Waals surface area contributed by atoms with Gasteiger partial charge in [0.1, 0.15) is 24.7 Å². The van der Waals surface area contributed by atoms with Gasteiger partial charge in [-0.25, -0.2) is 9.48 Å². The van der Waals surface area contributed by atoms with E-state index in [1.165, 1.54) is 0 Å². The molecule has 9 heteroatoms. The zero-order chi connectivity index (χ0) is 29.2. The number of likely N-dealkylation sites (N-methyl/N-ethyl adjacent to an activating group) is 1. The average Bonchev–Trinajstić information content (AvgIpc) is 3.46. The minimum absolute atomic E-state index is 0.117. The fourth-order valence-corrected chi connectivity index (χ4v) is 4.89. The first-order chi connectivity index (χ1) is 18.8. The normalized spacial score (nSPS) is 13.5. The summed E-state index contributed by atoms with van der Waals surface area (Å²) in [6.07, 6.45) is 0.774. The number of benzene rings is 2. The van der Waals surface area contributed by atoms with Crippen molar-refractivity contribution < 1.29 is 19.6 Å². The summed E-state index contributed by atoms with van der Waals surface area (Å²) in [7, 11) is 2.04. The molecule has 0 bridgehead atoms. The number of phenols is 1. The van der Waals surface area contributed by atoms with Gasteiger partial charge in [-0.2, -0.15) is 4.89 Å². The number of aromatic nitrogens is 3. The highest BCUT2D eigenvalue weighted by Gasteiger charge is 2.28. The molecule has 218 valence electrons. The molecule has 0 amide bonds. The van der Waals surface area contributed by atoms with Gasteiger partial charge in [0.05, 0.1) is 0 Å². The van der Waals surface area contributed by atoms with Crippen LogP contribution in [0.15, 0.2) is 35.1 Å². The van der Waals surface area contributed by atoms with Crippen LogP contribution in [0.25, 0.3) is 11.4 Å². The summed E-state index contributed by atoms with van der Waals surface area (Å²) < 4.78 is 9.16. The summed E-state index contributed by atoms with van der Waals surface area (Å²) in [5, 5.41) is 15.9. The van der Waals surface area contributed by atoms with Crippen molar-refractivity contribution in [1.82, 2.24) is 19.2 Å². The summed E-state index contributed by atoms with van der Waals surface area (Å²) >= 11 is 0. The lowest BCUT2D eigenvalue weighted by Crippen LogP contribution is -2.29. The molecular formula is C31H44N4O5. The molecule has 1 N–H and O–H groups in total. The van der Waals surface area contributed by atoms with Crippen LogP contribution >= 0.6 is 0 Å². The van der Waals surface area contributed by atoms with Crippen molar-refractivity contribution in [3.05, 3.63) is 57.5 Å². The molecule has 1 aliphatic heterocycles. The van der Waals surface area contributed by atoms with Gasteiger partial charge in [0.15, 0.2) is 11.6 Å². The van der Waals surface area contributed by atoms with Crippen molar-refractivity contribution in [3.63, 3.8) is 0 Å². The molecule has 9 nitrogen and oxygen atoms in total. The Morgan fingerprint density at radius 2 is 1.73 bits per heavy atom. The van der Waals surface area contributed by atoms with Gasteiger partial charge in [-0.3, -0.25) is 4.57 Å². The van der Waals surface area contributed by atoms with Crippen LogP contribution in [0.5, 0.6) is 17.2 Å². The molecule has 4 rings (SSSR count). The Balaban J connectivity index is 1.43. The van der Waals surface area contributed by atoms with E-state index in [4.69, 9.17) is 19.6 Å². The number of rotatable bonds is 10. The summed E-state index contributed by atoms with van der Waals surface area (Å²) in [5.41, 5.74) is 2.92. The Hall–Kier alpha value is -3.30. The van der Waals surface area contributed by atoms with E-state index < -0.39 is 0 Å². The third-order valence-electron chi connectivity index (χ3n) is 7.28. The zero-order valence-electron chi connectivity index (χ0n) is 25.2. The first-order valence-corrected chi connectivity index (χ1v) is 14.1. The molecule has 3 aromatic rings. The van der Waals surface area contributed by atoms with Crippen molar-refractivity contribution in [1.29, 1.82) is 0 Å². The molecule has 0 radical (unpaired) electrons. The summed E-state index contributed by atoms with van der Waals surface area (Å²) in [4.78, 5) is 25.6. The third kappa shape index (κ3) is 6.53. The van der Waals surface area contributed by atoms with Gasteiger partial charge in [0.2, 0.25) is 0 Å². The molecule has 0 atom stereocenters. The Morgan fingerprint density at radius 1 is 1.05 bits per heavy atom. The molecule has 0 spiro atoms. The monoisotopic (exact) mass is 552 g/mol. The van der Waals surface area contributed by atoms with Gasteiger partial charge in [0, 0.05) is 48.0 Å². The predicted molar refractivity (Wildman–Crippen MR) is 156 cm³/mol. The van der Waals surface area contributed by atoms with Gasteiger partial charge >= 0.3 is 5.69 Å². The number of fused-ring (bicyclic) bond motifs is 1. The summed E-state index contributed by atoms with van der Waals surface area (Å²) in [6.45, 7) is 18.0. The maximum absolute atomic E-state index is 13.3. The van der Waals surface area contributed by atoms with Crippen LogP contribution in [0, 0.1) is 0 Å². The minimum atomic E-state index is -0.267. The van der Waals surface area contributed by atoms with Gasteiger partial charge in [-0.15, -0.1) is 5.10 Å². The van der Waals surface area contributed by atoms with E-state index in [-0.39, 0.29) is 16.5 Å². The fourth-order valence-electron chi connectivity index (χ4n) is 4.89. The van der Waals surface area contributed by atoms with E-state index in [2.05, 4.69) is 46.4 Å². The molecule has 1 aromatic heterocycles.